The Hall–Kier alpha value is -2.40. The molecule has 1 N–H and O–H groups in total. The monoisotopic (exact) mass is 615 g/mol. The molecule has 0 radical (unpaired) electrons. The Morgan fingerprint density at radius 2 is 1.76 bits per heavy atom. The van der Waals surface area contributed by atoms with Crippen molar-refractivity contribution in [1.82, 2.24) is 18.9 Å². The van der Waals surface area contributed by atoms with E-state index >= 15 is 0 Å². The number of nitrogens with one attached hydrogen (secondary N) is 1. The molecule has 1 aliphatic heterocycles. The Morgan fingerprint density at radius 1 is 1.07 bits per heavy atom. The summed E-state index contributed by atoms with van der Waals surface area (Å²) in [4.78, 5) is 27.0. The van der Waals surface area contributed by atoms with Crippen molar-refractivity contribution >= 4 is 36.6 Å². The first kappa shape index (κ1) is 31.0. The smallest absolute Gasteiger partial charge is 0.329 e. The molecular weight excluding hydrogens is 570 g/mol. The lowest BCUT2D eigenvalue weighted by Crippen LogP contribution is -2.42. The molecule has 3 aromatic rings. The number of ether oxygens (including phenoxy) is 1. The summed E-state index contributed by atoms with van der Waals surface area (Å²) in [5, 5.41) is 8.11. The zero-order valence-electron chi connectivity index (χ0n) is 25.7. The molecule has 1 aliphatic carbocycles. The van der Waals surface area contributed by atoms with Gasteiger partial charge in [-0.25, -0.2) is 9.48 Å². The van der Waals surface area contributed by atoms with E-state index in [1.165, 1.54) is 4.68 Å². The number of para-hydroxylation sites is 2. The van der Waals surface area contributed by atoms with E-state index in [0.717, 1.165) is 62.8 Å². The van der Waals surface area contributed by atoms with Gasteiger partial charge in [0.1, 0.15) is 5.02 Å². The van der Waals surface area contributed by atoms with Gasteiger partial charge < -0.3 is 14.5 Å². The molecule has 3 heterocycles. The number of hydrogen-bond acceptors (Lipinski definition) is 6. The zero-order valence-corrected chi connectivity index (χ0v) is 27.5. The molecular formula is C31H46ClN5O4Si. The van der Waals surface area contributed by atoms with Gasteiger partial charge in [-0.3, -0.25) is 13.9 Å². The number of anilines is 1. The van der Waals surface area contributed by atoms with Crippen molar-refractivity contribution in [3.63, 3.8) is 0 Å². The molecule has 11 heteroatoms. The van der Waals surface area contributed by atoms with Crippen LogP contribution in [-0.4, -0.2) is 53.6 Å². The van der Waals surface area contributed by atoms with Crippen LogP contribution in [0.5, 0.6) is 0 Å². The van der Waals surface area contributed by atoms with E-state index in [0.29, 0.717) is 31.3 Å². The van der Waals surface area contributed by atoms with Crippen LogP contribution in [0.1, 0.15) is 71.4 Å². The van der Waals surface area contributed by atoms with Gasteiger partial charge in [-0.05, 0) is 74.7 Å². The molecule has 0 amide bonds. The molecule has 1 saturated heterocycles. The van der Waals surface area contributed by atoms with Crippen LogP contribution in [0, 0.1) is 5.92 Å². The third-order valence-electron chi connectivity index (χ3n) is 9.61. The normalized spacial score (nSPS) is 22.0. The predicted molar refractivity (Wildman–Crippen MR) is 171 cm³/mol. The maximum atomic E-state index is 13.8. The fourth-order valence-corrected chi connectivity index (χ4v) is 7.26. The molecule has 2 aromatic heterocycles. The van der Waals surface area contributed by atoms with Gasteiger partial charge in [0.2, 0.25) is 0 Å². The van der Waals surface area contributed by atoms with Gasteiger partial charge >= 0.3 is 5.69 Å². The quantitative estimate of drug-likeness (QED) is 0.287. The summed E-state index contributed by atoms with van der Waals surface area (Å²) < 4.78 is 17.3. The molecule has 1 aromatic carbocycles. The summed E-state index contributed by atoms with van der Waals surface area (Å²) in [7, 11) is -1.91. The Labute approximate surface area is 254 Å². The summed E-state index contributed by atoms with van der Waals surface area (Å²) in [6.45, 7) is 14.5. The summed E-state index contributed by atoms with van der Waals surface area (Å²) in [5.74, 6) is 0.409. The van der Waals surface area contributed by atoms with Crippen molar-refractivity contribution in [1.29, 1.82) is 0 Å². The van der Waals surface area contributed by atoms with Crippen molar-refractivity contribution in [2.24, 2.45) is 5.92 Å². The summed E-state index contributed by atoms with van der Waals surface area (Å²) >= 11 is 6.52. The van der Waals surface area contributed by atoms with Crippen LogP contribution in [0.25, 0.3) is 11.0 Å². The van der Waals surface area contributed by atoms with Crippen LogP contribution in [0.4, 0.5) is 5.69 Å². The van der Waals surface area contributed by atoms with Crippen LogP contribution in [-0.2, 0) is 15.7 Å². The van der Waals surface area contributed by atoms with Crippen LogP contribution in [0.3, 0.4) is 0 Å². The summed E-state index contributed by atoms with van der Waals surface area (Å²) in [5.41, 5.74) is 2.22. The number of benzene rings is 1. The van der Waals surface area contributed by atoms with Crippen LogP contribution in [0.2, 0.25) is 23.2 Å². The third-order valence-corrected chi connectivity index (χ3v) is 14.5. The number of rotatable bonds is 9. The van der Waals surface area contributed by atoms with Gasteiger partial charge in [0.05, 0.1) is 42.2 Å². The molecule has 2 fully saturated rings. The molecule has 1 saturated carbocycles. The van der Waals surface area contributed by atoms with E-state index < -0.39 is 8.32 Å². The molecule has 0 spiro atoms. The molecule has 1 unspecified atom stereocenters. The highest BCUT2D eigenvalue weighted by Gasteiger charge is 2.37. The number of nitrogens with zero attached hydrogens (tertiary/aromatic N) is 4. The third kappa shape index (κ3) is 6.42. The zero-order chi connectivity index (χ0) is 30.1. The van der Waals surface area contributed by atoms with Crippen molar-refractivity contribution in [2.75, 3.05) is 31.7 Å². The van der Waals surface area contributed by atoms with Gasteiger partial charge in [0, 0.05) is 25.7 Å². The number of hydrogen-bond donors (Lipinski definition) is 1. The predicted octanol–water partition coefficient (Wildman–Crippen LogP) is 6.23. The van der Waals surface area contributed by atoms with Gasteiger partial charge in [0.15, 0.2) is 8.32 Å². The summed E-state index contributed by atoms with van der Waals surface area (Å²) in [6, 6.07) is 8.04. The number of halogens is 1. The first-order chi connectivity index (χ1) is 20.0. The van der Waals surface area contributed by atoms with Gasteiger partial charge in [-0.1, -0.05) is 44.5 Å². The van der Waals surface area contributed by atoms with Crippen molar-refractivity contribution in [3.05, 3.63) is 56.3 Å². The molecule has 9 nitrogen and oxygen atoms in total. The lowest BCUT2D eigenvalue weighted by molar-refractivity contribution is 0.0595. The van der Waals surface area contributed by atoms with Gasteiger partial charge in [0.25, 0.3) is 5.56 Å². The number of imidazole rings is 1. The van der Waals surface area contributed by atoms with E-state index in [1.807, 2.05) is 33.4 Å². The molecule has 230 valence electrons. The maximum Gasteiger partial charge on any atom is 0.329 e. The van der Waals surface area contributed by atoms with Crippen LogP contribution >= 0.6 is 11.6 Å². The van der Waals surface area contributed by atoms with E-state index in [-0.39, 0.29) is 33.4 Å². The summed E-state index contributed by atoms with van der Waals surface area (Å²) in [6.07, 6.45) is 6.90. The second-order valence-electron chi connectivity index (χ2n) is 13.5. The van der Waals surface area contributed by atoms with E-state index in [9.17, 15) is 9.59 Å². The highest BCUT2D eigenvalue weighted by Crippen LogP contribution is 2.37. The molecule has 5 rings (SSSR count). The largest absolute Gasteiger partial charge is 0.415 e. The standard InChI is InChI=1S/C31H46ClN5O4Si/c1-31(2,3)42(4,5)41-18-16-35-26-10-6-7-11-27(26)36(30(35)39)23-12-14-24(15-13-23)37-29(38)28(32)25(20-34-37)33-19-22-9-8-17-40-21-22/h6-7,10-11,20,22-24,33H,8-9,12-19,21H2,1-5H3. The lowest BCUT2D eigenvalue weighted by atomic mass is 9.91. The molecule has 1 atom stereocenters. The minimum absolute atomic E-state index is 0.00982. The molecule has 0 bridgehead atoms. The Kier molecular flexibility index (Phi) is 9.37. The maximum absolute atomic E-state index is 13.8. The average Bonchev–Trinajstić information content (AvgIpc) is 3.25. The second-order valence-corrected chi connectivity index (χ2v) is 18.6. The highest BCUT2D eigenvalue weighted by molar-refractivity contribution is 6.74. The van der Waals surface area contributed by atoms with Crippen molar-refractivity contribution in [2.45, 2.75) is 96.1 Å². The van der Waals surface area contributed by atoms with E-state index in [1.54, 1.807) is 6.20 Å². The topological polar surface area (TPSA) is 92.3 Å². The van der Waals surface area contributed by atoms with Crippen molar-refractivity contribution < 1.29 is 9.16 Å². The Bertz CT molecular complexity index is 1490. The first-order valence-electron chi connectivity index (χ1n) is 15.4. The Balaban J connectivity index is 1.27. The SMILES string of the molecule is CC(C)(C)[Si](C)(C)OCCn1c(=O)n(C2CCC(n3ncc(NCC4CCCOC4)c(Cl)c3=O)CC2)c2ccccc21. The van der Waals surface area contributed by atoms with Gasteiger partial charge in [-0.2, -0.15) is 5.10 Å². The van der Waals surface area contributed by atoms with Crippen LogP contribution < -0.4 is 16.6 Å². The lowest BCUT2D eigenvalue weighted by Gasteiger charge is -2.36. The van der Waals surface area contributed by atoms with Crippen molar-refractivity contribution in [3.8, 4) is 0 Å². The minimum atomic E-state index is -1.91. The average molecular weight is 616 g/mol. The number of fused-ring (bicyclic) bond motifs is 1. The van der Waals surface area contributed by atoms with Gasteiger partial charge in [-0.15, -0.1) is 0 Å². The fraction of sp³-hybridized carbons (Fsp3) is 0.645. The molecule has 42 heavy (non-hydrogen) atoms. The fourth-order valence-electron chi connectivity index (χ4n) is 6.02. The Morgan fingerprint density at radius 3 is 2.43 bits per heavy atom. The van der Waals surface area contributed by atoms with Crippen LogP contribution in [0.15, 0.2) is 40.1 Å². The minimum Gasteiger partial charge on any atom is -0.415 e. The second kappa shape index (κ2) is 12.7. The van der Waals surface area contributed by atoms with E-state index in [2.05, 4.69) is 44.3 Å². The van der Waals surface area contributed by atoms with E-state index in [4.69, 9.17) is 20.8 Å². The molecule has 2 aliphatic rings. The highest BCUT2D eigenvalue weighted by atomic mass is 35.5. The first-order valence-corrected chi connectivity index (χ1v) is 18.7. The number of aromatic nitrogens is 4.